The van der Waals surface area contributed by atoms with Crippen molar-refractivity contribution < 1.29 is 13.2 Å². The molecule has 0 bridgehead atoms. The fraction of sp³-hybridized carbons (Fsp3) is 0.400. The Morgan fingerprint density at radius 3 is 2.59 bits per heavy atom. The second-order valence-electron chi connectivity index (χ2n) is 7.07. The topological polar surface area (TPSA) is 49.9 Å². The minimum absolute atomic E-state index is 0.276. The van der Waals surface area contributed by atoms with Crippen molar-refractivity contribution in [3.05, 3.63) is 58.6 Å². The van der Waals surface area contributed by atoms with Crippen LogP contribution in [0.1, 0.15) is 24.0 Å². The Labute approximate surface area is 165 Å². The van der Waals surface area contributed by atoms with Crippen LogP contribution in [0.15, 0.2) is 47.4 Å². The van der Waals surface area contributed by atoms with E-state index < -0.39 is 10.0 Å². The fourth-order valence-electron chi connectivity index (χ4n) is 3.94. The Hall–Kier alpha value is -1.60. The zero-order chi connectivity index (χ0) is 19.0. The summed E-state index contributed by atoms with van der Waals surface area (Å²) in [5.74, 6) is 0. The summed E-state index contributed by atoms with van der Waals surface area (Å²) in [6.07, 6.45) is 1.55. The average molecular weight is 407 g/mol. The van der Waals surface area contributed by atoms with E-state index in [2.05, 4.69) is 17.0 Å². The van der Waals surface area contributed by atoms with Crippen LogP contribution < -0.4 is 4.90 Å². The van der Waals surface area contributed by atoms with E-state index in [0.717, 1.165) is 12.8 Å². The number of benzene rings is 2. The zero-order valence-corrected chi connectivity index (χ0v) is 16.8. The fourth-order valence-corrected chi connectivity index (χ4v) is 5.89. The molecule has 144 valence electrons. The van der Waals surface area contributed by atoms with E-state index in [1.807, 2.05) is 12.1 Å². The number of hydrogen-bond acceptors (Lipinski definition) is 4. The molecule has 0 N–H and O–H groups in total. The smallest absolute Gasteiger partial charge is 0.243 e. The maximum absolute atomic E-state index is 13.1. The third kappa shape index (κ3) is 3.47. The molecular weight excluding hydrogens is 384 g/mol. The number of rotatable bonds is 3. The first kappa shape index (κ1) is 18.7. The molecule has 0 aliphatic carbocycles. The van der Waals surface area contributed by atoms with Gasteiger partial charge in [0.15, 0.2) is 0 Å². The van der Waals surface area contributed by atoms with Gasteiger partial charge in [-0.2, -0.15) is 4.31 Å². The summed E-state index contributed by atoms with van der Waals surface area (Å²) in [6.45, 7) is 3.94. The van der Waals surface area contributed by atoms with E-state index in [4.69, 9.17) is 16.3 Å². The first-order chi connectivity index (χ1) is 13.0. The SMILES string of the molecule is Cc1c(Cl)cccc1S(=O)(=O)N1CCC(N2COCc3ccccc32)CC1. The molecule has 0 amide bonds. The second kappa shape index (κ2) is 7.43. The molecule has 2 aliphatic rings. The number of para-hydroxylation sites is 1. The standard InChI is InChI=1S/C20H23ClN2O3S/c1-15-18(21)6-4-8-20(15)27(24,25)22-11-9-17(10-12-22)23-14-26-13-16-5-2-3-7-19(16)23/h2-8,17H,9-14H2,1H3. The minimum Gasteiger partial charge on any atom is -0.356 e. The summed E-state index contributed by atoms with van der Waals surface area (Å²) < 4.78 is 33.5. The number of piperidine rings is 1. The van der Waals surface area contributed by atoms with E-state index in [0.29, 0.717) is 41.9 Å². The van der Waals surface area contributed by atoms with Crippen molar-refractivity contribution in [1.82, 2.24) is 4.31 Å². The van der Waals surface area contributed by atoms with Gasteiger partial charge in [0.1, 0.15) is 6.73 Å². The van der Waals surface area contributed by atoms with Crippen LogP contribution >= 0.6 is 11.6 Å². The van der Waals surface area contributed by atoms with E-state index >= 15 is 0 Å². The third-order valence-corrected chi connectivity index (χ3v) is 7.94. The summed E-state index contributed by atoms with van der Waals surface area (Å²) >= 11 is 6.13. The number of fused-ring (bicyclic) bond motifs is 1. The van der Waals surface area contributed by atoms with Crippen LogP contribution in [-0.4, -0.2) is 38.6 Å². The molecule has 0 spiro atoms. The third-order valence-electron chi connectivity index (χ3n) is 5.49. The zero-order valence-electron chi connectivity index (χ0n) is 15.3. The summed E-state index contributed by atoms with van der Waals surface area (Å²) in [5.41, 5.74) is 3.00. The molecule has 27 heavy (non-hydrogen) atoms. The van der Waals surface area contributed by atoms with Crippen LogP contribution in [0.25, 0.3) is 0 Å². The summed E-state index contributed by atoms with van der Waals surface area (Å²) in [4.78, 5) is 2.58. The molecule has 0 unspecified atom stereocenters. The molecule has 4 rings (SSSR count). The average Bonchev–Trinajstić information content (AvgIpc) is 2.69. The van der Waals surface area contributed by atoms with Crippen LogP contribution in [0.3, 0.4) is 0 Å². The highest BCUT2D eigenvalue weighted by atomic mass is 35.5. The summed E-state index contributed by atoms with van der Waals surface area (Å²) in [5, 5.41) is 0.480. The summed E-state index contributed by atoms with van der Waals surface area (Å²) in [7, 11) is -3.53. The quantitative estimate of drug-likeness (QED) is 0.778. The van der Waals surface area contributed by atoms with Crippen molar-refractivity contribution in [2.45, 2.75) is 37.3 Å². The number of sulfonamides is 1. The maximum atomic E-state index is 13.1. The Balaban J connectivity index is 1.51. The predicted octanol–water partition coefficient (Wildman–Crippen LogP) is 3.80. The molecule has 2 aromatic carbocycles. The van der Waals surface area contributed by atoms with Gasteiger partial charge in [-0.05, 0) is 43.5 Å². The van der Waals surface area contributed by atoms with E-state index in [9.17, 15) is 8.42 Å². The van der Waals surface area contributed by atoms with Crippen LogP contribution in [0.4, 0.5) is 5.69 Å². The van der Waals surface area contributed by atoms with Crippen LogP contribution in [0, 0.1) is 6.92 Å². The highest BCUT2D eigenvalue weighted by Crippen LogP contribution is 2.32. The Morgan fingerprint density at radius 2 is 1.81 bits per heavy atom. The van der Waals surface area contributed by atoms with Crippen LogP contribution in [0.5, 0.6) is 0 Å². The molecule has 0 aromatic heterocycles. The molecular formula is C20H23ClN2O3S. The van der Waals surface area contributed by atoms with Crippen molar-refractivity contribution in [2.75, 3.05) is 24.7 Å². The molecule has 5 nitrogen and oxygen atoms in total. The number of nitrogens with zero attached hydrogens (tertiary/aromatic N) is 2. The Morgan fingerprint density at radius 1 is 1.07 bits per heavy atom. The molecule has 2 aliphatic heterocycles. The lowest BCUT2D eigenvalue weighted by Crippen LogP contribution is -2.48. The first-order valence-corrected chi connectivity index (χ1v) is 11.0. The van der Waals surface area contributed by atoms with Gasteiger partial charge in [0.25, 0.3) is 0 Å². The van der Waals surface area contributed by atoms with E-state index in [1.54, 1.807) is 29.4 Å². The van der Waals surface area contributed by atoms with Gasteiger partial charge >= 0.3 is 0 Å². The van der Waals surface area contributed by atoms with Crippen molar-refractivity contribution in [1.29, 1.82) is 0 Å². The lowest BCUT2D eigenvalue weighted by molar-refractivity contribution is 0.0988. The lowest BCUT2D eigenvalue weighted by atomic mass is 10.0. The van der Waals surface area contributed by atoms with Gasteiger partial charge in [-0.1, -0.05) is 35.9 Å². The lowest BCUT2D eigenvalue weighted by Gasteiger charge is -2.41. The van der Waals surface area contributed by atoms with Gasteiger partial charge in [-0.25, -0.2) is 8.42 Å². The molecule has 0 saturated carbocycles. The van der Waals surface area contributed by atoms with Crippen molar-refractivity contribution in [2.24, 2.45) is 0 Å². The second-order valence-corrected chi connectivity index (χ2v) is 9.39. The number of hydrogen-bond donors (Lipinski definition) is 0. The van der Waals surface area contributed by atoms with E-state index in [1.165, 1.54) is 11.3 Å². The molecule has 1 fully saturated rings. The number of anilines is 1. The highest BCUT2D eigenvalue weighted by Gasteiger charge is 2.34. The molecule has 7 heteroatoms. The first-order valence-electron chi connectivity index (χ1n) is 9.16. The van der Waals surface area contributed by atoms with Gasteiger partial charge in [-0.3, -0.25) is 0 Å². The molecule has 0 radical (unpaired) electrons. The van der Waals surface area contributed by atoms with Gasteiger partial charge < -0.3 is 9.64 Å². The number of ether oxygens (including phenoxy) is 1. The van der Waals surface area contributed by atoms with Crippen LogP contribution in [0.2, 0.25) is 5.02 Å². The predicted molar refractivity (Wildman–Crippen MR) is 107 cm³/mol. The molecule has 1 saturated heterocycles. The van der Waals surface area contributed by atoms with Crippen molar-refractivity contribution >= 4 is 27.3 Å². The van der Waals surface area contributed by atoms with Gasteiger partial charge in [-0.15, -0.1) is 0 Å². The summed E-state index contributed by atoms with van der Waals surface area (Å²) in [6, 6.07) is 13.6. The Bertz CT molecular complexity index is 940. The monoisotopic (exact) mass is 406 g/mol. The van der Waals surface area contributed by atoms with Gasteiger partial charge in [0, 0.05) is 35.4 Å². The minimum atomic E-state index is -3.53. The Kier molecular flexibility index (Phi) is 5.16. The number of halogens is 1. The molecule has 2 heterocycles. The maximum Gasteiger partial charge on any atom is 0.243 e. The molecule has 0 atom stereocenters. The van der Waals surface area contributed by atoms with Crippen molar-refractivity contribution in [3.8, 4) is 0 Å². The highest BCUT2D eigenvalue weighted by molar-refractivity contribution is 7.89. The van der Waals surface area contributed by atoms with Crippen LogP contribution in [-0.2, 0) is 21.4 Å². The van der Waals surface area contributed by atoms with E-state index in [-0.39, 0.29) is 6.04 Å². The van der Waals surface area contributed by atoms with Gasteiger partial charge in [0.05, 0.1) is 11.5 Å². The molecule has 2 aromatic rings. The van der Waals surface area contributed by atoms with Crippen molar-refractivity contribution in [3.63, 3.8) is 0 Å². The largest absolute Gasteiger partial charge is 0.356 e. The normalized spacial score (nSPS) is 19.1. The van der Waals surface area contributed by atoms with Gasteiger partial charge in [0.2, 0.25) is 10.0 Å².